The number of nitrogens with one attached hydrogen (secondary N) is 1. The molecule has 1 aromatic heterocycles. The third kappa shape index (κ3) is 4.47. The molecule has 5 nitrogen and oxygen atoms in total. The number of hydrogen-bond acceptors (Lipinski definition) is 4. The molecule has 3 rings (SSSR count). The Hall–Kier alpha value is -1.62. The zero-order valence-corrected chi connectivity index (χ0v) is 14.8. The number of nitrogens with zero attached hydrogens (tertiary/aromatic N) is 3. The first kappa shape index (κ1) is 17.2. The van der Waals surface area contributed by atoms with E-state index in [1.807, 2.05) is 25.3 Å². The van der Waals surface area contributed by atoms with E-state index < -0.39 is 0 Å². The Kier molecular flexibility index (Phi) is 6.07. The predicted octanol–water partition coefficient (Wildman–Crippen LogP) is 2.43. The summed E-state index contributed by atoms with van der Waals surface area (Å²) in [5.41, 5.74) is 0. The molecule has 2 heterocycles. The van der Waals surface area contributed by atoms with Crippen LogP contribution in [0, 0.1) is 0 Å². The van der Waals surface area contributed by atoms with E-state index in [1.54, 1.807) is 0 Å². The highest BCUT2D eigenvalue weighted by Crippen LogP contribution is 2.18. The highest BCUT2D eigenvalue weighted by molar-refractivity contribution is 5.81. The average molecular weight is 330 g/mol. The fraction of sp³-hybridized carbons (Fsp3) is 0.684. The highest BCUT2D eigenvalue weighted by atomic mass is 16.2. The Morgan fingerprint density at radius 2 is 1.83 bits per heavy atom. The molecule has 0 spiro atoms. The Morgan fingerprint density at radius 3 is 2.46 bits per heavy atom. The van der Waals surface area contributed by atoms with E-state index in [9.17, 15) is 4.79 Å². The van der Waals surface area contributed by atoms with Gasteiger partial charge in [0.25, 0.3) is 0 Å². The van der Waals surface area contributed by atoms with Gasteiger partial charge in [0.2, 0.25) is 5.91 Å². The van der Waals surface area contributed by atoms with Crippen LogP contribution in [0.4, 0.5) is 5.82 Å². The van der Waals surface area contributed by atoms with Crippen LogP contribution in [0.3, 0.4) is 0 Å². The summed E-state index contributed by atoms with van der Waals surface area (Å²) in [7, 11) is 0. The van der Waals surface area contributed by atoms with Crippen LogP contribution in [0.2, 0.25) is 0 Å². The molecule has 0 radical (unpaired) electrons. The zero-order valence-electron chi connectivity index (χ0n) is 14.8. The van der Waals surface area contributed by atoms with Gasteiger partial charge in [-0.05, 0) is 31.9 Å². The van der Waals surface area contributed by atoms with Gasteiger partial charge in [-0.1, -0.05) is 31.7 Å². The molecule has 1 amide bonds. The Morgan fingerprint density at radius 1 is 1.12 bits per heavy atom. The molecule has 0 bridgehead atoms. The molecule has 24 heavy (non-hydrogen) atoms. The Labute approximate surface area is 145 Å². The maximum Gasteiger partial charge on any atom is 0.237 e. The summed E-state index contributed by atoms with van der Waals surface area (Å²) in [6.45, 7) is 5.73. The molecule has 0 unspecified atom stereocenters. The molecule has 2 fully saturated rings. The second-order valence-electron chi connectivity index (χ2n) is 7.08. The molecule has 1 aliphatic heterocycles. The Bertz CT molecular complexity index is 505. The number of rotatable bonds is 4. The summed E-state index contributed by atoms with van der Waals surface area (Å²) in [5.74, 6) is 1.24. The van der Waals surface area contributed by atoms with Crippen molar-refractivity contribution in [3.63, 3.8) is 0 Å². The standard InChI is InChI=1S/C19H30N4O/c1-16(19(24)21-17-8-4-2-3-5-9-17)22-12-14-23(15-13-22)18-10-6-7-11-20-18/h6-7,10-11,16-17H,2-5,8-9,12-15H2,1H3,(H,21,24)/t16-/m0/s1. The molecule has 1 aromatic rings. The summed E-state index contributed by atoms with van der Waals surface area (Å²) in [4.78, 5) is 21.6. The van der Waals surface area contributed by atoms with Crippen molar-refractivity contribution in [2.24, 2.45) is 0 Å². The second-order valence-corrected chi connectivity index (χ2v) is 7.08. The van der Waals surface area contributed by atoms with Gasteiger partial charge in [-0.15, -0.1) is 0 Å². The van der Waals surface area contributed by atoms with E-state index in [0.29, 0.717) is 6.04 Å². The predicted molar refractivity (Wildman–Crippen MR) is 97.1 cm³/mol. The monoisotopic (exact) mass is 330 g/mol. The van der Waals surface area contributed by atoms with Crippen LogP contribution in [-0.4, -0.2) is 54.1 Å². The Balaban J connectivity index is 1.47. The van der Waals surface area contributed by atoms with Crippen molar-refractivity contribution in [1.82, 2.24) is 15.2 Å². The summed E-state index contributed by atoms with van der Waals surface area (Å²) in [6, 6.07) is 6.37. The van der Waals surface area contributed by atoms with E-state index in [2.05, 4.69) is 26.2 Å². The fourth-order valence-corrected chi connectivity index (χ4v) is 3.79. The first-order valence-electron chi connectivity index (χ1n) is 9.44. The minimum absolute atomic E-state index is 0.0425. The molecular formula is C19H30N4O. The number of amides is 1. The lowest BCUT2D eigenvalue weighted by Crippen LogP contribution is -2.55. The van der Waals surface area contributed by atoms with Gasteiger partial charge in [0.15, 0.2) is 0 Å². The number of pyridine rings is 1. The van der Waals surface area contributed by atoms with Gasteiger partial charge in [0, 0.05) is 38.4 Å². The summed E-state index contributed by atoms with van der Waals surface area (Å²) in [5, 5.41) is 3.29. The van der Waals surface area contributed by atoms with Crippen molar-refractivity contribution in [1.29, 1.82) is 0 Å². The average Bonchev–Trinajstić information content (AvgIpc) is 2.90. The second kappa shape index (κ2) is 8.47. The van der Waals surface area contributed by atoms with E-state index in [0.717, 1.165) is 44.8 Å². The SMILES string of the molecule is C[C@@H](C(=O)NC1CCCCCC1)N1CCN(c2ccccn2)CC1. The van der Waals surface area contributed by atoms with Crippen LogP contribution in [0.15, 0.2) is 24.4 Å². The number of piperazine rings is 1. The van der Waals surface area contributed by atoms with Crippen LogP contribution in [-0.2, 0) is 4.79 Å². The molecule has 1 saturated heterocycles. The lowest BCUT2D eigenvalue weighted by Gasteiger charge is -2.38. The van der Waals surface area contributed by atoms with Crippen LogP contribution in [0.25, 0.3) is 0 Å². The van der Waals surface area contributed by atoms with E-state index in [1.165, 1.54) is 25.7 Å². The van der Waals surface area contributed by atoms with Crippen molar-refractivity contribution >= 4 is 11.7 Å². The van der Waals surface area contributed by atoms with Gasteiger partial charge < -0.3 is 10.2 Å². The topological polar surface area (TPSA) is 48.5 Å². The maximum atomic E-state index is 12.6. The fourth-order valence-electron chi connectivity index (χ4n) is 3.79. The van der Waals surface area contributed by atoms with Gasteiger partial charge in [0.05, 0.1) is 6.04 Å². The molecule has 1 saturated carbocycles. The van der Waals surface area contributed by atoms with Gasteiger partial charge in [-0.2, -0.15) is 0 Å². The zero-order chi connectivity index (χ0) is 16.8. The molecule has 1 N–H and O–H groups in total. The maximum absolute atomic E-state index is 12.6. The molecule has 5 heteroatoms. The minimum atomic E-state index is -0.0425. The molecular weight excluding hydrogens is 300 g/mol. The largest absolute Gasteiger partial charge is 0.354 e. The first-order chi connectivity index (χ1) is 11.7. The lowest BCUT2D eigenvalue weighted by molar-refractivity contribution is -0.126. The summed E-state index contributed by atoms with van der Waals surface area (Å²) < 4.78 is 0. The van der Waals surface area contributed by atoms with Crippen molar-refractivity contribution in [2.75, 3.05) is 31.1 Å². The van der Waals surface area contributed by atoms with Crippen LogP contribution >= 0.6 is 0 Å². The van der Waals surface area contributed by atoms with E-state index in [4.69, 9.17) is 0 Å². The summed E-state index contributed by atoms with van der Waals surface area (Å²) >= 11 is 0. The third-order valence-electron chi connectivity index (χ3n) is 5.42. The third-order valence-corrected chi connectivity index (χ3v) is 5.42. The molecule has 1 atom stereocenters. The minimum Gasteiger partial charge on any atom is -0.354 e. The van der Waals surface area contributed by atoms with Crippen molar-refractivity contribution < 1.29 is 4.79 Å². The van der Waals surface area contributed by atoms with Gasteiger partial charge in [-0.3, -0.25) is 9.69 Å². The van der Waals surface area contributed by atoms with Crippen LogP contribution < -0.4 is 10.2 Å². The smallest absolute Gasteiger partial charge is 0.237 e. The van der Waals surface area contributed by atoms with Crippen molar-refractivity contribution in [3.8, 4) is 0 Å². The summed E-state index contributed by atoms with van der Waals surface area (Å²) in [6.07, 6.45) is 9.27. The highest BCUT2D eigenvalue weighted by Gasteiger charge is 2.27. The lowest BCUT2D eigenvalue weighted by atomic mass is 10.1. The van der Waals surface area contributed by atoms with Gasteiger partial charge in [0.1, 0.15) is 5.82 Å². The molecule has 1 aliphatic carbocycles. The van der Waals surface area contributed by atoms with Crippen LogP contribution in [0.1, 0.15) is 45.4 Å². The van der Waals surface area contributed by atoms with Crippen molar-refractivity contribution in [2.45, 2.75) is 57.5 Å². The van der Waals surface area contributed by atoms with E-state index in [-0.39, 0.29) is 11.9 Å². The van der Waals surface area contributed by atoms with E-state index >= 15 is 0 Å². The normalized spacial score (nSPS) is 22.0. The first-order valence-corrected chi connectivity index (χ1v) is 9.44. The number of aromatic nitrogens is 1. The quantitative estimate of drug-likeness (QED) is 0.862. The molecule has 2 aliphatic rings. The molecule has 0 aromatic carbocycles. The number of carbonyl (C=O) groups is 1. The van der Waals surface area contributed by atoms with Gasteiger partial charge in [-0.25, -0.2) is 4.98 Å². The van der Waals surface area contributed by atoms with Crippen molar-refractivity contribution in [3.05, 3.63) is 24.4 Å². The number of hydrogen-bond donors (Lipinski definition) is 1. The number of anilines is 1. The molecule has 132 valence electrons. The van der Waals surface area contributed by atoms with Crippen LogP contribution in [0.5, 0.6) is 0 Å². The van der Waals surface area contributed by atoms with Gasteiger partial charge >= 0.3 is 0 Å². The number of carbonyl (C=O) groups excluding carboxylic acids is 1.